The molecule has 4 heterocycles. The molecule has 2 aromatic heterocycles. The standard InChI is InChI=1S/C28H22N2O.C16H22N4O.C7H15BrN2/c31-27-19-11-10-18-25(27)26-20-30(21-29-26)28(22-12-4-1-5-13-22,23-14-6-2-7-15-23)24-16-8-3-9-17-24;1-19-6-8-20(9-7-19)10-11-21-16-5-3-2-4-14(16)15-12-17-13-18-15;1-9-4-6-10(3-2-8)7-5-9/h1-21,31H;2-5,12-13H,6-11H2,1H3,(H,17,18);2-7H2,1H3. The zero-order chi connectivity index (χ0) is 43.0. The number of benzene rings is 5. The van der Waals surface area contributed by atoms with Gasteiger partial charge in [-0.25, -0.2) is 9.97 Å². The van der Waals surface area contributed by atoms with Gasteiger partial charge in [0.05, 0.1) is 30.2 Å². The Balaban J connectivity index is 0.000000160. The molecule has 322 valence electrons. The van der Waals surface area contributed by atoms with Crippen molar-refractivity contribution in [3.63, 3.8) is 0 Å². The van der Waals surface area contributed by atoms with Crippen LogP contribution in [-0.2, 0) is 5.54 Å². The molecule has 0 aliphatic carbocycles. The monoisotopic (exact) mass is 894 g/mol. The number of H-pyrrole nitrogens is 1. The van der Waals surface area contributed by atoms with Gasteiger partial charge in [0, 0.05) is 88.1 Å². The fourth-order valence-corrected chi connectivity index (χ4v) is 8.59. The van der Waals surface area contributed by atoms with E-state index in [4.69, 9.17) is 9.72 Å². The van der Waals surface area contributed by atoms with Crippen LogP contribution in [0.3, 0.4) is 0 Å². The van der Waals surface area contributed by atoms with E-state index in [0.717, 1.165) is 84.1 Å². The molecule has 0 bridgehead atoms. The van der Waals surface area contributed by atoms with Crippen molar-refractivity contribution >= 4 is 15.9 Å². The molecule has 10 nitrogen and oxygen atoms in total. The first-order chi connectivity index (χ1) is 30.4. The van der Waals surface area contributed by atoms with Crippen LogP contribution in [0.5, 0.6) is 11.5 Å². The van der Waals surface area contributed by atoms with Crippen LogP contribution in [0.4, 0.5) is 0 Å². The Morgan fingerprint density at radius 2 is 1.13 bits per heavy atom. The lowest BCUT2D eigenvalue weighted by Gasteiger charge is -2.37. The summed E-state index contributed by atoms with van der Waals surface area (Å²) in [6, 6.07) is 46.8. The van der Waals surface area contributed by atoms with Crippen molar-refractivity contribution < 1.29 is 9.84 Å². The number of imidazole rings is 2. The Kier molecular flexibility index (Phi) is 16.2. The third-order valence-corrected chi connectivity index (χ3v) is 12.0. The van der Waals surface area contributed by atoms with Crippen LogP contribution in [0.1, 0.15) is 16.7 Å². The highest BCUT2D eigenvalue weighted by Crippen LogP contribution is 2.42. The number of hydrogen-bond donors (Lipinski definition) is 2. The van der Waals surface area contributed by atoms with Crippen LogP contribution in [0.25, 0.3) is 22.5 Å². The number of halogens is 1. The van der Waals surface area contributed by atoms with Gasteiger partial charge in [-0.3, -0.25) is 9.80 Å². The zero-order valence-corrected chi connectivity index (χ0v) is 37.5. The van der Waals surface area contributed by atoms with Crippen molar-refractivity contribution in [1.29, 1.82) is 0 Å². The Morgan fingerprint density at radius 3 is 1.65 bits per heavy atom. The van der Waals surface area contributed by atoms with E-state index in [0.29, 0.717) is 5.56 Å². The van der Waals surface area contributed by atoms with E-state index >= 15 is 0 Å². The third kappa shape index (κ3) is 11.3. The number of phenolic OH excluding ortho intramolecular Hbond substituents is 1. The lowest BCUT2D eigenvalue weighted by atomic mass is 9.77. The predicted molar refractivity (Wildman–Crippen MR) is 255 cm³/mol. The van der Waals surface area contributed by atoms with Crippen molar-refractivity contribution in [2.45, 2.75) is 5.54 Å². The number of alkyl halides is 1. The summed E-state index contributed by atoms with van der Waals surface area (Å²) in [5.41, 5.74) is 6.28. The van der Waals surface area contributed by atoms with Gasteiger partial charge in [0.25, 0.3) is 0 Å². The summed E-state index contributed by atoms with van der Waals surface area (Å²) >= 11 is 3.44. The largest absolute Gasteiger partial charge is 0.507 e. The molecule has 2 saturated heterocycles. The Hall–Kier alpha value is -5.56. The minimum absolute atomic E-state index is 0.220. The number of ether oxygens (including phenoxy) is 1. The smallest absolute Gasteiger partial charge is 0.128 e. The fourth-order valence-electron chi connectivity index (χ4n) is 8.09. The van der Waals surface area contributed by atoms with Crippen molar-refractivity contribution in [2.75, 3.05) is 91.5 Å². The predicted octanol–water partition coefficient (Wildman–Crippen LogP) is 8.43. The molecule has 2 aliphatic heterocycles. The van der Waals surface area contributed by atoms with Gasteiger partial charge >= 0.3 is 0 Å². The Bertz CT molecular complexity index is 2230. The minimum Gasteiger partial charge on any atom is -0.507 e. The van der Waals surface area contributed by atoms with Crippen molar-refractivity contribution in [2.24, 2.45) is 0 Å². The molecule has 7 aromatic rings. The number of rotatable bonds is 12. The minimum atomic E-state index is -0.612. The molecule has 11 heteroatoms. The second-order valence-corrected chi connectivity index (χ2v) is 16.6. The number of para-hydroxylation sites is 2. The zero-order valence-electron chi connectivity index (χ0n) is 35.9. The second kappa shape index (κ2) is 22.5. The molecule has 0 radical (unpaired) electrons. The van der Waals surface area contributed by atoms with E-state index in [-0.39, 0.29) is 5.75 Å². The molecule has 0 unspecified atom stereocenters. The summed E-state index contributed by atoms with van der Waals surface area (Å²) < 4.78 is 8.14. The van der Waals surface area contributed by atoms with Gasteiger partial charge < -0.3 is 29.2 Å². The molecule has 0 saturated carbocycles. The third-order valence-electron chi connectivity index (χ3n) is 11.7. The van der Waals surface area contributed by atoms with Gasteiger partial charge in [0.2, 0.25) is 0 Å². The molecule has 0 amide bonds. The summed E-state index contributed by atoms with van der Waals surface area (Å²) in [6.45, 7) is 12.4. The summed E-state index contributed by atoms with van der Waals surface area (Å²) in [5.74, 6) is 1.13. The number of aromatic amines is 1. The van der Waals surface area contributed by atoms with E-state index in [2.05, 4.69) is 143 Å². The Labute approximate surface area is 375 Å². The maximum absolute atomic E-state index is 10.4. The molecule has 2 aliphatic rings. The van der Waals surface area contributed by atoms with Gasteiger partial charge in [-0.2, -0.15) is 0 Å². The number of likely N-dealkylation sites (N-methyl/N-ethyl adjacent to an activating group) is 2. The van der Waals surface area contributed by atoms with Crippen molar-refractivity contribution in [3.05, 3.63) is 181 Å². The van der Waals surface area contributed by atoms with E-state index < -0.39 is 5.54 Å². The van der Waals surface area contributed by atoms with Crippen LogP contribution < -0.4 is 4.74 Å². The van der Waals surface area contributed by atoms with Crippen LogP contribution in [0.2, 0.25) is 0 Å². The first-order valence-electron chi connectivity index (χ1n) is 21.5. The number of phenols is 1. The maximum atomic E-state index is 10.4. The van der Waals surface area contributed by atoms with Gasteiger partial charge in [0.1, 0.15) is 23.6 Å². The molecule has 5 aromatic carbocycles. The van der Waals surface area contributed by atoms with Crippen molar-refractivity contribution in [3.8, 4) is 34.0 Å². The van der Waals surface area contributed by atoms with E-state index in [1.807, 2.05) is 73.3 Å². The summed E-state index contributed by atoms with van der Waals surface area (Å²) in [5, 5.41) is 11.5. The summed E-state index contributed by atoms with van der Waals surface area (Å²) in [6.07, 6.45) is 7.38. The molecule has 9 rings (SSSR count). The first kappa shape index (κ1) is 44.5. The van der Waals surface area contributed by atoms with Crippen LogP contribution in [0.15, 0.2) is 165 Å². The highest BCUT2D eigenvalue weighted by Gasteiger charge is 2.38. The second-order valence-electron chi connectivity index (χ2n) is 15.8. The number of piperazine rings is 2. The average molecular weight is 896 g/mol. The summed E-state index contributed by atoms with van der Waals surface area (Å²) in [4.78, 5) is 21.6. The number of aromatic hydroxyl groups is 1. The average Bonchev–Trinajstić information content (AvgIpc) is 4.05. The van der Waals surface area contributed by atoms with E-state index in [1.54, 1.807) is 12.4 Å². The van der Waals surface area contributed by atoms with Gasteiger partial charge in [-0.15, -0.1) is 0 Å². The molecular weight excluding hydrogens is 837 g/mol. The quantitative estimate of drug-likeness (QED) is 0.0935. The van der Waals surface area contributed by atoms with Gasteiger partial charge in [-0.05, 0) is 55.1 Å². The van der Waals surface area contributed by atoms with Gasteiger partial charge in [0.15, 0.2) is 0 Å². The number of hydrogen-bond acceptors (Lipinski definition) is 8. The fraction of sp³-hybridized carbons (Fsp3) is 0.294. The van der Waals surface area contributed by atoms with Gasteiger partial charge in [-0.1, -0.05) is 131 Å². The van der Waals surface area contributed by atoms with Crippen LogP contribution in [0, 0.1) is 0 Å². The first-order valence-corrected chi connectivity index (χ1v) is 22.7. The topological polar surface area (TPSA) is 88.9 Å². The molecule has 2 fully saturated rings. The lowest BCUT2D eigenvalue weighted by molar-refractivity contribution is 0.134. The normalized spacial score (nSPS) is 15.2. The SMILES string of the molecule is CN1CCN(CCBr)CC1.CN1CCN(CCOc2ccccc2-c2cnc[nH]2)CC1.Oc1ccccc1-c1cn(C(c2ccccc2)(c2ccccc2)c2ccccc2)cn1. The highest BCUT2D eigenvalue weighted by atomic mass is 79.9. The molecular formula is C51H59BrN8O2. The number of aromatic nitrogens is 4. The lowest BCUT2D eigenvalue weighted by Crippen LogP contribution is -2.45. The molecule has 2 N–H and O–H groups in total. The van der Waals surface area contributed by atoms with Crippen LogP contribution >= 0.6 is 15.9 Å². The number of nitrogens with zero attached hydrogens (tertiary/aromatic N) is 7. The number of nitrogens with one attached hydrogen (secondary N) is 1. The molecule has 0 spiro atoms. The maximum Gasteiger partial charge on any atom is 0.128 e. The highest BCUT2D eigenvalue weighted by molar-refractivity contribution is 9.09. The van der Waals surface area contributed by atoms with Crippen molar-refractivity contribution in [1.82, 2.24) is 39.1 Å². The summed E-state index contributed by atoms with van der Waals surface area (Å²) in [7, 11) is 4.36. The molecule has 62 heavy (non-hydrogen) atoms. The van der Waals surface area contributed by atoms with E-state index in [9.17, 15) is 5.11 Å². The van der Waals surface area contributed by atoms with Crippen LogP contribution in [-0.4, -0.2) is 136 Å². The van der Waals surface area contributed by atoms with E-state index in [1.165, 1.54) is 32.7 Å². The molecule has 0 atom stereocenters. The Morgan fingerprint density at radius 1 is 0.629 bits per heavy atom.